The average Bonchev–Trinajstić information content (AvgIpc) is 3.18. The fourth-order valence-corrected chi connectivity index (χ4v) is 2.85. The molecule has 0 amide bonds. The molecule has 0 atom stereocenters. The first-order chi connectivity index (χ1) is 13.2. The molecule has 0 fully saturated rings. The number of aliphatic imine (C=N–C) groups is 1. The van der Waals surface area contributed by atoms with Crippen LogP contribution in [0.2, 0.25) is 0 Å². The van der Waals surface area contributed by atoms with Crippen LogP contribution in [-0.4, -0.2) is 40.4 Å². The predicted octanol–water partition coefficient (Wildman–Crippen LogP) is 3.99. The maximum absolute atomic E-state index is 4.69. The van der Waals surface area contributed by atoms with Gasteiger partial charge in [0.2, 0.25) is 0 Å². The monoisotopic (exact) mass is 498 g/mol. The van der Waals surface area contributed by atoms with Crippen LogP contribution in [0, 0.1) is 0 Å². The molecule has 0 radical (unpaired) electrons. The van der Waals surface area contributed by atoms with Gasteiger partial charge in [0.15, 0.2) is 5.96 Å². The minimum Gasteiger partial charge on any atom is -0.357 e. The molecule has 0 aliphatic rings. The van der Waals surface area contributed by atoms with E-state index in [1.807, 2.05) is 4.57 Å². The Morgan fingerprint density at radius 1 is 1.04 bits per heavy atom. The summed E-state index contributed by atoms with van der Waals surface area (Å²) in [7, 11) is 0. The molecule has 0 spiro atoms. The van der Waals surface area contributed by atoms with Gasteiger partial charge in [0.1, 0.15) is 12.7 Å². The second-order valence-corrected chi connectivity index (χ2v) is 7.09. The zero-order chi connectivity index (χ0) is 19.3. The third-order valence-corrected chi connectivity index (χ3v) is 4.49. The molecule has 0 saturated heterocycles. The molecule has 6 nitrogen and oxygen atoms in total. The average molecular weight is 498 g/mol. The SMILES string of the molecule is CCNC(=NCCCc1ccc(C(C)C)cc1)NCCCCn1cnnc1.I. The Morgan fingerprint density at radius 3 is 2.39 bits per heavy atom. The van der Waals surface area contributed by atoms with Crippen LogP contribution < -0.4 is 10.6 Å². The molecule has 7 heteroatoms. The lowest BCUT2D eigenvalue weighted by molar-refractivity contribution is 0.597. The van der Waals surface area contributed by atoms with E-state index in [1.165, 1.54) is 11.1 Å². The minimum absolute atomic E-state index is 0. The van der Waals surface area contributed by atoms with E-state index >= 15 is 0 Å². The Balaban J connectivity index is 0.00000392. The maximum Gasteiger partial charge on any atom is 0.191 e. The van der Waals surface area contributed by atoms with E-state index in [4.69, 9.17) is 4.99 Å². The Hall–Kier alpha value is -1.64. The van der Waals surface area contributed by atoms with Gasteiger partial charge in [-0.25, -0.2) is 0 Å². The first kappa shape index (κ1) is 24.4. The van der Waals surface area contributed by atoms with Crippen LogP contribution >= 0.6 is 24.0 Å². The van der Waals surface area contributed by atoms with Crippen molar-refractivity contribution in [1.29, 1.82) is 0 Å². The molecule has 1 heterocycles. The van der Waals surface area contributed by atoms with Gasteiger partial charge >= 0.3 is 0 Å². The fraction of sp³-hybridized carbons (Fsp3) is 0.571. The van der Waals surface area contributed by atoms with Gasteiger partial charge in [-0.1, -0.05) is 38.1 Å². The van der Waals surface area contributed by atoms with E-state index in [-0.39, 0.29) is 24.0 Å². The van der Waals surface area contributed by atoms with Gasteiger partial charge in [0, 0.05) is 26.2 Å². The van der Waals surface area contributed by atoms with Gasteiger partial charge in [-0.2, -0.15) is 0 Å². The Bertz CT molecular complexity index is 652. The van der Waals surface area contributed by atoms with Gasteiger partial charge < -0.3 is 15.2 Å². The third kappa shape index (κ3) is 9.52. The van der Waals surface area contributed by atoms with Crippen LogP contribution in [0.15, 0.2) is 41.9 Å². The van der Waals surface area contributed by atoms with Crippen LogP contribution in [0.3, 0.4) is 0 Å². The molecule has 2 rings (SSSR count). The zero-order valence-corrected chi connectivity index (χ0v) is 19.7. The largest absolute Gasteiger partial charge is 0.357 e. The van der Waals surface area contributed by atoms with Gasteiger partial charge in [0.05, 0.1) is 0 Å². The van der Waals surface area contributed by atoms with E-state index in [9.17, 15) is 0 Å². The van der Waals surface area contributed by atoms with E-state index in [1.54, 1.807) is 12.7 Å². The molecule has 1 aromatic carbocycles. The number of halogens is 1. The summed E-state index contributed by atoms with van der Waals surface area (Å²) in [6, 6.07) is 8.99. The van der Waals surface area contributed by atoms with Crippen molar-refractivity contribution in [3.05, 3.63) is 48.0 Å². The van der Waals surface area contributed by atoms with Crippen LogP contribution in [-0.2, 0) is 13.0 Å². The molecule has 156 valence electrons. The second-order valence-electron chi connectivity index (χ2n) is 7.09. The summed E-state index contributed by atoms with van der Waals surface area (Å²) in [4.78, 5) is 4.69. The fourth-order valence-electron chi connectivity index (χ4n) is 2.85. The summed E-state index contributed by atoms with van der Waals surface area (Å²) in [6.45, 7) is 10.1. The summed E-state index contributed by atoms with van der Waals surface area (Å²) < 4.78 is 2.01. The van der Waals surface area contributed by atoms with Gasteiger partial charge in [-0.3, -0.25) is 4.99 Å². The van der Waals surface area contributed by atoms with Crippen molar-refractivity contribution >= 4 is 29.9 Å². The minimum atomic E-state index is 0. The number of aromatic nitrogens is 3. The smallest absolute Gasteiger partial charge is 0.191 e. The van der Waals surface area contributed by atoms with Gasteiger partial charge in [-0.05, 0) is 49.7 Å². The number of nitrogens with zero attached hydrogens (tertiary/aromatic N) is 4. The van der Waals surface area contributed by atoms with Crippen molar-refractivity contribution < 1.29 is 0 Å². The number of hydrogen-bond acceptors (Lipinski definition) is 3. The van der Waals surface area contributed by atoms with Crippen molar-refractivity contribution in [1.82, 2.24) is 25.4 Å². The van der Waals surface area contributed by atoms with E-state index in [0.717, 1.165) is 57.8 Å². The molecule has 0 bridgehead atoms. The molecule has 2 aromatic rings. The highest BCUT2D eigenvalue weighted by molar-refractivity contribution is 14.0. The number of guanidine groups is 1. The van der Waals surface area contributed by atoms with Crippen LogP contribution in [0.5, 0.6) is 0 Å². The summed E-state index contributed by atoms with van der Waals surface area (Å²) in [6.07, 6.45) is 7.83. The molecule has 1 aromatic heterocycles. The molecule has 0 saturated carbocycles. The zero-order valence-electron chi connectivity index (χ0n) is 17.4. The summed E-state index contributed by atoms with van der Waals surface area (Å²) >= 11 is 0. The first-order valence-electron chi connectivity index (χ1n) is 10.1. The predicted molar refractivity (Wildman–Crippen MR) is 128 cm³/mol. The van der Waals surface area contributed by atoms with Gasteiger partial charge in [-0.15, -0.1) is 34.2 Å². The molecule has 0 unspecified atom stereocenters. The highest BCUT2D eigenvalue weighted by atomic mass is 127. The highest BCUT2D eigenvalue weighted by Gasteiger charge is 2.00. The molecule has 0 aliphatic heterocycles. The first-order valence-corrected chi connectivity index (χ1v) is 10.1. The van der Waals surface area contributed by atoms with Crippen molar-refractivity contribution in [2.45, 2.75) is 58.9 Å². The van der Waals surface area contributed by atoms with Crippen LogP contribution in [0.1, 0.15) is 57.1 Å². The van der Waals surface area contributed by atoms with E-state index < -0.39 is 0 Å². The summed E-state index contributed by atoms with van der Waals surface area (Å²) in [5.74, 6) is 1.51. The number of unbranched alkanes of at least 4 members (excludes halogenated alkanes) is 1. The lowest BCUT2D eigenvalue weighted by atomic mass is 10.0. The molecule has 28 heavy (non-hydrogen) atoms. The third-order valence-electron chi connectivity index (χ3n) is 4.49. The van der Waals surface area contributed by atoms with Crippen molar-refractivity contribution in [3.8, 4) is 0 Å². The van der Waals surface area contributed by atoms with Gasteiger partial charge in [0.25, 0.3) is 0 Å². The van der Waals surface area contributed by atoms with Crippen LogP contribution in [0.25, 0.3) is 0 Å². The van der Waals surface area contributed by atoms with Crippen molar-refractivity contribution in [2.75, 3.05) is 19.6 Å². The normalized spacial score (nSPS) is 11.4. The lowest BCUT2D eigenvalue weighted by Crippen LogP contribution is -2.38. The topological polar surface area (TPSA) is 67.1 Å². The number of hydrogen-bond donors (Lipinski definition) is 2. The Labute approximate surface area is 186 Å². The van der Waals surface area contributed by atoms with E-state index in [0.29, 0.717) is 5.92 Å². The Morgan fingerprint density at radius 2 is 1.75 bits per heavy atom. The van der Waals surface area contributed by atoms with Crippen LogP contribution in [0.4, 0.5) is 0 Å². The second kappa shape index (κ2) is 14.4. The number of benzene rings is 1. The molecule has 0 aliphatic carbocycles. The highest BCUT2D eigenvalue weighted by Crippen LogP contribution is 2.15. The van der Waals surface area contributed by atoms with Crippen molar-refractivity contribution in [3.63, 3.8) is 0 Å². The number of nitrogens with one attached hydrogen (secondary N) is 2. The Kier molecular flexibility index (Phi) is 12.5. The molecular weight excluding hydrogens is 463 g/mol. The summed E-state index contributed by atoms with van der Waals surface area (Å²) in [5.41, 5.74) is 2.79. The van der Waals surface area contributed by atoms with Crippen molar-refractivity contribution in [2.24, 2.45) is 4.99 Å². The summed E-state index contributed by atoms with van der Waals surface area (Å²) in [5, 5.41) is 14.4. The molecular formula is C21H35IN6. The molecule has 2 N–H and O–H groups in total. The number of aryl methyl sites for hydroxylation is 2. The lowest BCUT2D eigenvalue weighted by Gasteiger charge is -2.11. The maximum atomic E-state index is 4.69. The number of rotatable bonds is 11. The standard InChI is InChI=1S/C21H34N6.HI/c1-4-22-21(23-13-5-6-15-27-16-25-26-17-27)24-14-7-8-19-9-11-20(12-10-19)18(2)3;/h9-12,16-18H,4-8,13-15H2,1-3H3,(H2,22,23,24);1H. The quantitative estimate of drug-likeness (QED) is 0.213. The van der Waals surface area contributed by atoms with E-state index in [2.05, 4.69) is 65.9 Å².